The van der Waals surface area contributed by atoms with Crippen molar-refractivity contribution in [3.63, 3.8) is 0 Å². The average Bonchev–Trinajstić information content (AvgIpc) is 2.51. The zero-order chi connectivity index (χ0) is 9.26. The molecule has 4 nitrogen and oxygen atoms in total. The minimum Gasteiger partial charge on any atom is -0.405 e. The van der Waals surface area contributed by atoms with E-state index >= 15 is 0 Å². The number of hydrogen-bond donors (Lipinski definition) is 1. The fourth-order valence-electron chi connectivity index (χ4n) is 1.17. The SMILES string of the molecule is CC(=O)Oc1nccc2cc[nH]c12. The van der Waals surface area contributed by atoms with Crippen LogP contribution in [-0.2, 0) is 4.79 Å². The van der Waals surface area contributed by atoms with Crippen molar-refractivity contribution in [2.75, 3.05) is 0 Å². The van der Waals surface area contributed by atoms with Gasteiger partial charge in [-0.15, -0.1) is 0 Å². The monoisotopic (exact) mass is 176 g/mol. The largest absolute Gasteiger partial charge is 0.405 e. The van der Waals surface area contributed by atoms with Crippen LogP contribution in [0.25, 0.3) is 10.9 Å². The highest BCUT2D eigenvalue weighted by molar-refractivity contribution is 5.85. The summed E-state index contributed by atoms with van der Waals surface area (Å²) in [7, 11) is 0. The van der Waals surface area contributed by atoms with E-state index in [-0.39, 0.29) is 5.97 Å². The highest BCUT2D eigenvalue weighted by atomic mass is 16.5. The Balaban J connectivity index is 2.54. The first-order valence-electron chi connectivity index (χ1n) is 3.88. The summed E-state index contributed by atoms with van der Waals surface area (Å²) in [5.74, 6) is -0.0374. The third-order valence-corrected chi connectivity index (χ3v) is 1.68. The Hall–Kier alpha value is -1.84. The Kier molecular flexibility index (Phi) is 1.73. The second-order valence-corrected chi connectivity index (χ2v) is 2.65. The van der Waals surface area contributed by atoms with E-state index in [1.165, 1.54) is 6.92 Å². The second kappa shape index (κ2) is 2.90. The fraction of sp³-hybridized carbons (Fsp3) is 0.111. The maximum absolute atomic E-state index is 10.7. The van der Waals surface area contributed by atoms with Gasteiger partial charge in [-0.25, -0.2) is 4.98 Å². The first-order valence-corrected chi connectivity index (χ1v) is 3.88. The number of carbonyl (C=O) groups is 1. The van der Waals surface area contributed by atoms with Gasteiger partial charge >= 0.3 is 5.97 Å². The first kappa shape index (κ1) is 7.79. The molecule has 0 saturated carbocycles. The molecule has 0 amide bonds. The lowest BCUT2D eigenvalue weighted by molar-refractivity contribution is -0.132. The van der Waals surface area contributed by atoms with Crippen LogP contribution in [0, 0.1) is 0 Å². The van der Waals surface area contributed by atoms with Gasteiger partial charge in [-0.2, -0.15) is 0 Å². The molecular formula is C9H8N2O2. The number of aromatic amines is 1. The number of aromatic nitrogens is 2. The van der Waals surface area contributed by atoms with E-state index in [9.17, 15) is 4.79 Å². The summed E-state index contributed by atoms with van der Waals surface area (Å²) in [5.41, 5.74) is 0.748. The van der Waals surface area contributed by atoms with Crippen LogP contribution < -0.4 is 4.74 Å². The molecule has 0 saturated heterocycles. The summed E-state index contributed by atoms with van der Waals surface area (Å²) in [6, 6.07) is 3.74. The van der Waals surface area contributed by atoms with Crippen LogP contribution in [0.4, 0.5) is 0 Å². The maximum Gasteiger partial charge on any atom is 0.309 e. The van der Waals surface area contributed by atoms with Gasteiger partial charge in [0.1, 0.15) is 5.52 Å². The van der Waals surface area contributed by atoms with Gasteiger partial charge in [0, 0.05) is 24.7 Å². The van der Waals surface area contributed by atoms with Crippen LogP contribution in [0.15, 0.2) is 24.5 Å². The number of H-pyrrole nitrogens is 1. The molecule has 0 radical (unpaired) electrons. The van der Waals surface area contributed by atoms with Crippen molar-refractivity contribution < 1.29 is 9.53 Å². The van der Waals surface area contributed by atoms with E-state index in [0.717, 1.165) is 10.9 Å². The molecule has 0 aliphatic heterocycles. The molecular weight excluding hydrogens is 168 g/mol. The van der Waals surface area contributed by atoms with Gasteiger partial charge < -0.3 is 9.72 Å². The summed E-state index contributed by atoms with van der Waals surface area (Å²) in [4.78, 5) is 17.6. The third kappa shape index (κ3) is 1.38. The Morgan fingerprint density at radius 2 is 2.38 bits per heavy atom. The Morgan fingerprint density at radius 3 is 3.15 bits per heavy atom. The summed E-state index contributed by atoms with van der Waals surface area (Å²) in [5, 5.41) is 0.978. The van der Waals surface area contributed by atoms with Crippen LogP contribution in [0.1, 0.15) is 6.92 Å². The van der Waals surface area contributed by atoms with Crippen LogP contribution in [0.5, 0.6) is 5.88 Å². The van der Waals surface area contributed by atoms with Gasteiger partial charge in [0.05, 0.1) is 0 Å². The van der Waals surface area contributed by atoms with Crippen molar-refractivity contribution in [2.45, 2.75) is 6.92 Å². The standard InChI is InChI=1S/C9H8N2O2/c1-6(12)13-9-8-7(2-4-10-8)3-5-11-9/h2-5,10H,1H3. The quantitative estimate of drug-likeness (QED) is 0.669. The molecule has 0 aliphatic carbocycles. The van der Waals surface area contributed by atoms with Crippen LogP contribution >= 0.6 is 0 Å². The van der Waals surface area contributed by atoms with Crippen molar-refractivity contribution in [2.24, 2.45) is 0 Å². The number of nitrogens with zero attached hydrogens (tertiary/aromatic N) is 1. The number of rotatable bonds is 1. The maximum atomic E-state index is 10.7. The van der Waals surface area contributed by atoms with Crippen molar-refractivity contribution >= 4 is 16.9 Å². The van der Waals surface area contributed by atoms with Crippen LogP contribution in [0.3, 0.4) is 0 Å². The molecule has 0 aromatic carbocycles. The fourth-order valence-corrected chi connectivity index (χ4v) is 1.17. The Labute approximate surface area is 74.5 Å². The zero-order valence-electron chi connectivity index (χ0n) is 7.07. The van der Waals surface area contributed by atoms with Gasteiger partial charge in [0.15, 0.2) is 0 Å². The summed E-state index contributed by atoms with van der Waals surface area (Å²) in [6.45, 7) is 1.35. The van der Waals surface area contributed by atoms with Crippen molar-refractivity contribution in [3.8, 4) is 5.88 Å². The van der Waals surface area contributed by atoms with E-state index in [2.05, 4.69) is 9.97 Å². The normalized spacial score (nSPS) is 10.2. The predicted molar refractivity (Wildman–Crippen MR) is 47.4 cm³/mol. The van der Waals surface area contributed by atoms with E-state index in [4.69, 9.17) is 4.74 Å². The number of carbonyl (C=O) groups excluding carboxylic acids is 1. The molecule has 0 bridgehead atoms. The number of pyridine rings is 1. The van der Waals surface area contributed by atoms with E-state index in [0.29, 0.717) is 5.88 Å². The molecule has 66 valence electrons. The highest BCUT2D eigenvalue weighted by Crippen LogP contribution is 2.20. The van der Waals surface area contributed by atoms with Gasteiger partial charge in [-0.3, -0.25) is 4.79 Å². The molecule has 13 heavy (non-hydrogen) atoms. The molecule has 0 fully saturated rings. The molecule has 0 spiro atoms. The Morgan fingerprint density at radius 1 is 1.54 bits per heavy atom. The molecule has 0 aliphatic rings. The minimum absolute atomic E-state index is 0.329. The molecule has 4 heteroatoms. The van der Waals surface area contributed by atoms with Crippen LogP contribution in [-0.4, -0.2) is 15.9 Å². The Bertz CT molecular complexity index is 448. The number of hydrogen-bond acceptors (Lipinski definition) is 3. The second-order valence-electron chi connectivity index (χ2n) is 2.65. The molecule has 2 aromatic rings. The van der Waals surface area contributed by atoms with Crippen molar-refractivity contribution in [1.82, 2.24) is 9.97 Å². The summed E-state index contributed by atoms with van der Waals surface area (Å²) in [6.07, 6.45) is 3.38. The molecule has 0 atom stereocenters. The molecule has 2 aromatic heterocycles. The lowest BCUT2D eigenvalue weighted by atomic mass is 10.3. The van der Waals surface area contributed by atoms with Gasteiger partial charge in [0.2, 0.25) is 5.88 Å². The smallest absolute Gasteiger partial charge is 0.309 e. The van der Waals surface area contributed by atoms with E-state index in [1.54, 1.807) is 12.4 Å². The molecule has 1 N–H and O–H groups in total. The average molecular weight is 176 g/mol. The predicted octanol–water partition coefficient (Wildman–Crippen LogP) is 1.49. The van der Waals surface area contributed by atoms with Crippen molar-refractivity contribution in [3.05, 3.63) is 24.5 Å². The van der Waals surface area contributed by atoms with Gasteiger partial charge in [-0.05, 0) is 12.1 Å². The topological polar surface area (TPSA) is 55.0 Å². The minimum atomic E-state index is -0.366. The summed E-state index contributed by atoms with van der Waals surface area (Å²) < 4.78 is 4.90. The lowest BCUT2D eigenvalue weighted by Gasteiger charge is -1.99. The number of ether oxygens (including phenoxy) is 1. The van der Waals surface area contributed by atoms with E-state index in [1.807, 2.05) is 12.1 Å². The number of fused-ring (bicyclic) bond motifs is 1. The zero-order valence-corrected chi connectivity index (χ0v) is 7.07. The lowest BCUT2D eigenvalue weighted by Crippen LogP contribution is -2.03. The summed E-state index contributed by atoms with van der Waals surface area (Å²) >= 11 is 0. The van der Waals surface area contributed by atoms with E-state index < -0.39 is 0 Å². The van der Waals surface area contributed by atoms with Gasteiger partial charge in [-0.1, -0.05) is 0 Å². The first-order chi connectivity index (χ1) is 6.27. The molecule has 2 heterocycles. The van der Waals surface area contributed by atoms with Crippen LogP contribution in [0.2, 0.25) is 0 Å². The highest BCUT2D eigenvalue weighted by Gasteiger charge is 2.05. The number of esters is 1. The molecule has 0 unspecified atom stereocenters. The number of nitrogens with one attached hydrogen (secondary N) is 1. The molecule has 2 rings (SSSR count). The third-order valence-electron chi connectivity index (χ3n) is 1.68. The van der Waals surface area contributed by atoms with Crippen molar-refractivity contribution in [1.29, 1.82) is 0 Å². The van der Waals surface area contributed by atoms with Gasteiger partial charge in [0.25, 0.3) is 0 Å².